The Balaban J connectivity index is 2.30. The van der Waals surface area contributed by atoms with E-state index < -0.39 is 5.97 Å². The van der Waals surface area contributed by atoms with Crippen molar-refractivity contribution in [1.29, 1.82) is 0 Å². The van der Waals surface area contributed by atoms with Crippen LogP contribution < -0.4 is 5.32 Å². The molecule has 5 heteroatoms. The molecule has 0 aliphatic heterocycles. The normalized spacial score (nSPS) is 9.63. The van der Waals surface area contributed by atoms with Crippen LogP contribution in [0.2, 0.25) is 5.02 Å². The Morgan fingerprint density at radius 1 is 1.26 bits per heavy atom. The number of hydrogen-bond acceptors (Lipinski definition) is 3. The van der Waals surface area contributed by atoms with Gasteiger partial charge in [0.2, 0.25) is 0 Å². The van der Waals surface area contributed by atoms with Crippen LogP contribution in [0, 0.1) is 0 Å². The van der Waals surface area contributed by atoms with Crippen LogP contribution in [0.4, 0.5) is 0 Å². The van der Waals surface area contributed by atoms with Crippen molar-refractivity contribution in [3.05, 3.63) is 46.5 Å². The summed E-state index contributed by atoms with van der Waals surface area (Å²) in [7, 11) is 0. The molecule has 0 radical (unpaired) electrons. The maximum Gasteiger partial charge on any atom is 0.331 e. The molecule has 0 fully saturated rings. The van der Waals surface area contributed by atoms with E-state index in [9.17, 15) is 9.59 Å². The largest absolute Gasteiger partial charge is 0.452 e. The lowest BCUT2D eigenvalue weighted by molar-refractivity contribution is -0.143. The van der Waals surface area contributed by atoms with Crippen LogP contribution in [-0.2, 0) is 20.9 Å². The lowest BCUT2D eigenvalue weighted by Gasteiger charge is -2.05. The standard InChI is InChI=1S/C14H16ClNO3/c1-10(2)7-14(18)19-9-13(17)16-8-11-3-5-12(15)6-4-11/h3-7H,8-9H2,1-2H3,(H,16,17). The second-order valence-electron chi connectivity index (χ2n) is 4.23. The monoisotopic (exact) mass is 281 g/mol. The molecule has 0 bridgehead atoms. The molecule has 4 nitrogen and oxygen atoms in total. The first-order valence-corrected chi connectivity index (χ1v) is 6.18. The number of carbonyl (C=O) groups excluding carboxylic acids is 2. The highest BCUT2D eigenvalue weighted by Crippen LogP contribution is 2.08. The average Bonchev–Trinajstić information content (AvgIpc) is 2.35. The summed E-state index contributed by atoms with van der Waals surface area (Å²) in [6, 6.07) is 7.13. The van der Waals surface area contributed by atoms with Crippen molar-refractivity contribution in [2.45, 2.75) is 20.4 Å². The van der Waals surface area contributed by atoms with Crippen LogP contribution in [0.1, 0.15) is 19.4 Å². The van der Waals surface area contributed by atoms with Crippen LogP contribution in [-0.4, -0.2) is 18.5 Å². The van der Waals surface area contributed by atoms with Gasteiger partial charge in [0.1, 0.15) is 0 Å². The minimum atomic E-state index is -0.512. The third-order valence-corrected chi connectivity index (χ3v) is 2.41. The number of benzene rings is 1. The van der Waals surface area contributed by atoms with E-state index >= 15 is 0 Å². The van der Waals surface area contributed by atoms with Gasteiger partial charge < -0.3 is 10.1 Å². The van der Waals surface area contributed by atoms with Gasteiger partial charge in [-0.2, -0.15) is 0 Å². The minimum absolute atomic E-state index is 0.282. The Morgan fingerprint density at radius 3 is 2.47 bits per heavy atom. The molecule has 1 aromatic rings. The molecule has 0 aliphatic rings. The first kappa shape index (κ1) is 15.2. The van der Waals surface area contributed by atoms with Gasteiger partial charge in [0.15, 0.2) is 6.61 Å². The smallest absolute Gasteiger partial charge is 0.331 e. The van der Waals surface area contributed by atoms with Crippen LogP contribution in [0.5, 0.6) is 0 Å². The summed E-state index contributed by atoms with van der Waals surface area (Å²) in [5.41, 5.74) is 1.75. The summed E-state index contributed by atoms with van der Waals surface area (Å²) in [6.45, 7) is 3.65. The molecule has 19 heavy (non-hydrogen) atoms. The van der Waals surface area contributed by atoms with Crippen molar-refractivity contribution in [1.82, 2.24) is 5.32 Å². The lowest BCUT2D eigenvalue weighted by atomic mass is 10.2. The number of rotatable bonds is 5. The minimum Gasteiger partial charge on any atom is -0.452 e. The van der Waals surface area contributed by atoms with Gasteiger partial charge >= 0.3 is 5.97 Å². The zero-order chi connectivity index (χ0) is 14.3. The van der Waals surface area contributed by atoms with Gasteiger partial charge in [0.25, 0.3) is 5.91 Å². The van der Waals surface area contributed by atoms with Crippen LogP contribution in [0.25, 0.3) is 0 Å². The summed E-state index contributed by atoms with van der Waals surface area (Å²) in [4.78, 5) is 22.6. The SMILES string of the molecule is CC(C)=CC(=O)OCC(=O)NCc1ccc(Cl)cc1. The molecule has 0 spiro atoms. The van der Waals surface area contributed by atoms with E-state index in [2.05, 4.69) is 5.32 Å². The molecule has 0 heterocycles. The molecule has 0 aromatic heterocycles. The fourth-order valence-electron chi connectivity index (χ4n) is 1.27. The number of ether oxygens (including phenoxy) is 1. The Hall–Kier alpha value is -1.81. The lowest BCUT2D eigenvalue weighted by Crippen LogP contribution is -2.28. The second-order valence-corrected chi connectivity index (χ2v) is 4.67. The Morgan fingerprint density at radius 2 is 1.89 bits per heavy atom. The van der Waals surface area contributed by atoms with E-state index in [1.807, 2.05) is 12.1 Å². The van der Waals surface area contributed by atoms with Crippen molar-refractivity contribution in [2.24, 2.45) is 0 Å². The summed E-state index contributed by atoms with van der Waals surface area (Å²) in [5.74, 6) is -0.855. The molecular formula is C14H16ClNO3. The Kier molecular flexibility index (Phi) is 6.09. The molecular weight excluding hydrogens is 266 g/mol. The maximum atomic E-state index is 11.4. The average molecular weight is 282 g/mol. The zero-order valence-corrected chi connectivity index (χ0v) is 11.7. The predicted molar refractivity (Wildman–Crippen MR) is 73.7 cm³/mol. The van der Waals surface area contributed by atoms with Crippen LogP contribution in [0.3, 0.4) is 0 Å². The fourth-order valence-corrected chi connectivity index (χ4v) is 1.39. The predicted octanol–water partition coefficient (Wildman–Crippen LogP) is 2.47. The molecule has 0 saturated heterocycles. The van der Waals surface area contributed by atoms with Crippen molar-refractivity contribution >= 4 is 23.5 Å². The molecule has 1 amide bonds. The van der Waals surface area contributed by atoms with Gasteiger partial charge in [-0.05, 0) is 31.5 Å². The number of allylic oxidation sites excluding steroid dienone is 1. The van der Waals surface area contributed by atoms with Crippen molar-refractivity contribution < 1.29 is 14.3 Å². The third-order valence-electron chi connectivity index (χ3n) is 2.15. The van der Waals surface area contributed by atoms with Crippen molar-refractivity contribution in [3.63, 3.8) is 0 Å². The van der Waals surface area contributed by atoms with Crippen LogP contribution in [0.15, 0.2) is 35.9 Å². The van der Waals surface area contributed by atoms with E-state index in [0.29, 0.717) is 11.6 Å². The molecule has 102 valence electrons. The topological polar surface area (TPSA) is 55.4 Å². The summed E-state index contributed by atoms with van der Waals surface area (Å²) >= 11 is 5.75. The number of nitrogens with one attached hydrogen (secondary N) is 1. The van der Waals surface area contributed by atoms with Crippen molar-refractivity contribution in [3.8, 4) is 0 Å². The van der Waals surface area contributed by atoms with Gasteiger partial charge in [-0.15, -0.1) is 0 Å². The summed E-state index contributed by atoms with van der Waals surface area (Å²) < 4.78 is 4.77. The van der Waals surface area contributed by atoms with Gasteiger partial charge in [0, 0.05) is 17.6 Å². The maximum absolute atomic E-state index is 11.4. The first-order chi connectivity index (χ1) is 8.97. The quantitative estimate of drug-likeness (QED) is 0.666. The molecule has 0 atom stereocenters. The molecule has 1 aromatic carbocycles. The summed E-state index contributed by atoms with van der Waals surface area (Å²) in [6.07, 6.45) is 1.34. The first-order valence-electron chi connectivity index (χ1n) is 5.80. The highest BCUT2D eigenvalue weighted by Gasteiger charge is 2.05. The molecule has 0 aliphatic carbocycles. The zero-order valence-electron chi connectivity index (χ0n) is 10.9. The molecule has 1 rings (SSSR count). The van der Waals surface area contributed by atoms with Gasteiger partial charge in [0.05, 0.1) is 0 Å². The number of halogens is 1. The number of esters is 1. The summed E-state index contributed by atoms with van der Waals surface area (Å²) in [5, 5.41) is 3.29. The molecule has 0 saturated carbocycles. The van der Waals surface area contributed by atoms with Gasteiger partial charge in [-0.25, -0.2) is 4.79 Å². The fraction of sp³-hybridized carbons (Fsp3) is 0.286. The molecule has 0 unspecified atom stereocenters. The number of hydrogen-bond donors (Lipinski definition) is 1. The van der Waals surface area contributed by atoms with E-state index in [1.165, 1.54) is 6.08 Å². The van der Waals surface area contributed by atoms with Crippen molar-refractivity contribution in [2.75, 3.05) is 6.61 Å². The van der Waals surface area contributed by atoms with E-state index in [0.717, 1.165) is 11.1 Å². The van der Waals surface area contributed by atoms with Crippen LogP contribution >= 0.6 is 11.6 Å². The van der Waals surface area contributed by atoms with E-state index in [1.54, 1.807) is 26.0 Å². The molecule has 1 N–H and O–H groups in total. The van der Waals surface area contributed by atoms with Gasteiger partial charge in [-0.3, -0.25) is 4.79 Å². The van der Waals surface area contributed by atoms with E-state index in [4.69, 9.17) is 16.3 Å². The van der Waals surface area contributed by atoms with E-state index in [-0.39, 0.29) is 12.5 Å². The highest BCUT2D eigenvalue weighted by molar-refractivity contribution is 6.30. The second kappa shape index (κ2) is 7.59. The number of amides is 1. The number of carbonyl (C=O) groups is 2. The van der Waals surface area contributed by atoms with Gasteiger partial charge in [-0.1, -0.05) is 29.3 Å². The Bertz CT molecular complexity index is 476. The third kappa shape index (κ3) is 6.62. The highest BCUT2D eigenvalue weighted by atomic mass is 35.5. The Labute approximate surface area is 117 Å².